The molecule has 0 fully saturated rings. The standard InChI is InChI=1S/C13H15NO4S/c1-10-11(9-13(15)16)7-8-14(10)19(17,18)12-5-3-2-4-6-12/h2-6H,7-9H2,1H3,(H,15,16). The molecule has 0 spiro atoms. The Morgan fingerprint density at radius 1 is 1.32 bits per heavy atom. The lowest BCUT2D eigenvalue weighted by molar-refractivity contribution is -0.136. The zero-order chi connectivity index (χ0) is 14.0. The number of nitrogens with zero attached hydrogens (tertiary/aromatic N) is 1. The van der Waals surface area contributed by atoms with Crippen LogP contribution in [0.3, 0.4) is 0 Å². The van der Waals surface area contributed by atoms with Crippen LogP contribution in [0.25, 0.3) is 0 Å². The van der Waals surface area contributed by atoms with Gasteiger partial charge in [-0.25, -0.2) is 8.42 Å². The smallest absolute Gasteiger partial charge is 0.307 e. The molecule has 0 radical (unpaired) electrons. The Labute approximate surface area is 112 Å². The van der Waals surface area contributed by atoms with Crippen LogP contribution in [0.2, 0.25) is 0 Å². The molecule has 0 aliphatic carbocycles. The lowest BCUT2D eigenvalue weighted by atomic mass is 10.1. The molecule has 102 valence electrons. The highest BCUT2D eigenvalue weighted by atomic mass is 32.2. The van der Waals surface area contributed by atoms with E-state index in [-0.39, 0.29) is 11.3 Å². The monoisotopic (exact) mass is 281 g/mol. The summed E-state index contributed by atoms with van der Waals surface area (Å²) >= 11 is 0. The van der Waals surface area contributed by atoms with E-state index in [0.29, 0.717) is 24.2 Å². The van der Waals surface area contributed by atoms with Crippen LogP contribution in [-0.4, -0.2) is 30.3 Å². The third-order valence-corrected chi connectivity index (χ3v) is 5.10. The number of sulfonamides is 1. The van der Waals surface area contributed by atoms with Gasteiger partial charge >= 0.3 is 5.97 Å². The van der Waals surface area contributed by atoms with E-state index in [1.54, 1.807) is 25.1 Å². The molecular formula is C13H15NO4S. The molecule has 1 heterocycles. The van der Waals surface area contributed by atoms with E-state index in [0.717, 1.165) is 0 Å². The molecule has 0 unspecified atom stereocenters. The highest BCUT2D eigenvalue weighted by molar-refractivity contribution is 7.89. The van der Waals surface area contributed by atoms with Crippen LogP contribution in [0.4, 0.5) is 0 Å². The Morgan fingerprint density at radius 2 is 1.95 bits per heavy atom. The van der Waals surface area contributed by atoms with Gasteiger partial charge < -0.3 is 5.11 Å². The Bertz CT molecular complexity index is 619. The fourth-order valence-electron chi connectivity index (χ4n) is 2.18. The summed E-state index contributed by atoms with van der Waals surface area (Å²) in [5.74, 6) is -0.937. The predicted molar refractivity (Wildman–Crippen MR) is 69.9 cm³/mol. The van der Waals surface area contributed by atoms with E-state index in [1.807, 2.05) is 0 Å². The van der Waals surface area contributed by atoms with Crippen LogP contribution in [0.1, 0.15) is 19.8 Å². The number of allylic oxidation sites excluding steroid dienone is 1. The van der Waals surface area contributed by atoms with Crippen molar-refractivity contribution in [2.24, 2.45) is 0 Å². The number of carboxylic acids is 1. The Hall–Kier alpha value is -1.82. The molecule has 1 aromatic rings. The molecule has 1 N–H and O–H groups in total. The number of carboxylic acid groups (broad SMARTS) is 1. The zero-order valence-corrected chi connectivity index (χ0v) is 11.4. The Balaban J connectivity index is 2.34. The molecule has 6 heteroatoms. The summed E-state index contributed by atoms with van der Waals surface area (Å²) in [4.78, 5) is 11.0. The molecule has 0 bridgehead atoms. The van der Waals surface area contributed by atoms with Gasteiger partial charge in [-0.2, -0.15) is 0 Å². The average Bonchev–Trinajstić information content (AvgIpc) is 2.72. The van der Waals surface area contributed by atoms with Gasteiger partial charge in [0.25, 0.3) is 10.0 Å². The number of benzene rings is 1. The maximum atomic E-state index is 12.4. The summed E-state index contributed by atoms with van der Waals surface area (Å²) in [6, 6.07) is 8.16. The largest absolute Gasteiger partial charge is 0.481 e. The van der Waals surface area contributed by atoms with Crippen molar-refractivity contribution in [3.05, 3.63) is 41.6 Å². The summed E-state index contributed by atoms with van der Waals surface area (Å²) in [6.45, 7) is 1.97. The summed E-state index contributed by atoms with van der Waals surface area (Å²) in [6.07, 6.45) is 0.372. The first kappa shape index (κ1) is 13.6. The van der Waals surface area contributed by atoms with E-state index < -0.39 is 16.0 Å². The first-order valence-corrected chi connectivity index (χ1v) is 7.35. The van der Waals surface area contributed by atoms with Gasteiger partial charge in [0.05, 0.1) is 11.3 Å². The number of aliphatic carboxylic acids is 1. The van der Waals surface area contributed by atoms with Crippen molar-refractivity contribution in [1.82, 2.24) is 4.31 Å². The van der Waals surface area contributed by atoms with Gasteiger partial charge in [0.15, 0.2) is 0 Å². The van der Waals surface area contributed by atoms with Gasteiger partial charge in [-0.1, -0.05) is 18.2 Å². The molecule has 5 nitrogen and oxygen atoms in total. The highest BCUT2D eigenvalue weighted by Gasteiger charge is 2.30. The van der Waals surface area contributed by atoms with Gasteiger partial charge in [-0.05, 0) is 31.1 Å². The number of rotatable bonds is 4. The second-order valence-corrected chi connectivity index (χ2v) is 6.26. The van der Waals surface area contributed by atoms with Crippen LogP contribution in [0.5, 0.6) is 0 Å². The normalized spacial score (nSPS) is 15.9. The van der Waals surface area contributed by atoms with E-state index >= 15 is 0 Å². The molecule has 0 saturated heterocycles. The van der Waals surface area contributed by atoms with Crippen LogP contribution in [0, 0.1) is 0 Å². The maximum absolute atomic E-state index is 12.4. The van der Waals surface area contributed by atoms with Crippen molar-refractivity contribution in [2.75, 3.05) is 6.54 Å². The zero-order valence-electron chi connectivity index (χ0n) is 10.5. The van der Waals surface area contributed by atoms with Crippen molar-refractivity contribution in [2.45, 2.75) is 24.7 Å². The van der Waals surface area contributed by atoms with Gasteiger partial charge in [0, 0.05) is 12.2 Å². The van der Waals surface area contributed by atoms with Gasteiger partial charge in [-0.15, -0.1) is 0 Å². The van der Waals surface area contributed by atoms with E-state index in [1.165, 1.54) is 16.4 Å². The third kappa shape index (κ3) is 2.63. The molecule has 0 aromatic heterocycles. The first-order valence-electron chi connectivity index (χ1n) is 5.91. The van der Waals surface area contributed by atoms with Crippen molar-refractivity contribution < 1.29 is 18.3 Å². The number of hydrogen-bond donors (Lipinski definition) is 1. The summed E-state index contributed by atoms with van der Waals surface area (Å²) in [5.41, 5.74) is 1.21. The van der Waals surface area contributed by atoms with Crippen LogP contribution in [-0.2, 0) is 14.8 Å². The fraction of sp³-hybridized carbons (Fsp3) is 0.308. The maximum Gasteiger partial charge on any atom is 0.307 e. The molecule has 0 amide bonds. The van der Waals surface area contributed by atoms with Crippen molar-refractivity contribution in [3.8, 4) is 0 Å². The molecule has 1 aromatic carbocycles. The molecule has 1 aliphatic heterocycles. The van der Waals surface area contributed by atoms with Crippen LogP contribution in [0.15, 0.2) is 46.5 Å². The Kier molecular flexibility index (Phi) is 3.61. The van der Waals surface area contributed by atoms with Crippen LogP contribution < -0.4 is 0 Å². The molecule has 0 atom stereocenters. The van der Waals surface area contributed by atoms with Gasteiger partial charge in [0.2, 0.25) is 0 Å². The quantitative estimate of drug-likeness (QED) is 0.913. The molecule has 2 rings (SSSR count). The average molecular weight is 281 g/mol. The summed E-state index contributed by atoms with van der Waals surface area (Å²) in [5, 5.41) is 8.80. The SMILES string of the molecule is CC1=C(CC(=O)O)CCN1S(=O)(=O)c1ccccc1. The van der Waals surface area contributed by atoms with E-state index in [9.17, 15) is 13.2 Å². The second kappa shape index (κ2) is 5.05. The number of hydrogen-bond acceptors (Lipinski definition) is 3. The van der Waals surface area contributed by atoms with Gasteiger partial charge in [0.1, 0.15) is 0 Å². The molecule has 19 heavy (non-hydrogen) atoms. The van der Waals surface area contributed by atoms with Gasteiger partial charge in [-0.3, -0.25) is 9.10 Å². The first-order chi connectivity index (χ1) is 8.93. The van der Waals surface area contributed by atoms with Crippen LogP contribution >= 0.6 is 0 Å². The summed E-state index contributed by atoms with van der Waals surface area (Å²) in [7, 11) is -3.57. The number of carbonyl (C=O) groups is 1. The third-order valence-electron chi connectivity index (χ3n) is 3.20. The fourth-order valence-corrected chi connectivity index (χ4v) is 3.76. The van der Waals surface area contributed by atoms with E-state index in [2.05, 4.69) is 0 Å². The van der Waals surface area contributed by atoms with Crippen molar-refractivity contribution in [3.63, 3.8) is 0 Å². The lowest BCUT2D eigenvalue weighted by Crippen LogP contribution is -2.27. The molecule has 0 saturated carbocycles. The topological polar surface area (TPSA) is 74.7 Å². The van der Waals surface area contributed by atoms with Crippen molar-refractivity contribution >= 4 is 16.0 Å². The van der Waals surface area contributed by atoms with E-state index in [4.69, 9.17) is 5.11 Å². The predicted octanol–water partition coefficient (Wildman–Crippen LogP) is 1.83. The molecule has 1 aliphatic rings. The minimum Gasteiger partial charge on any atom is -0.481 e. The highest BCUT2D eigenvalue weighted by Crippen LogP contribution is 2.30. The Morgan fingerprint density at radius 3 is 2.53 bits per heavy atom. The second-order valence-electron chi connectivity index (χ2n) is 4.40. The summed E-state index contributed by atoms with van der Waals surface area (Å²) < 4.78 is 26.1. The lowest BCUT2D eigenvalue weighted by Gasteiger charge is -2.20. The molecular weight excluding hydrogens is 266 g/mol. The minimum absolute atomic E-state index is 0.105. The van der Waals surface area contributed by atoms with Crippen molar-refractivity contribution in [1.29, 1.82) is 0 Å². The minimum atomic E-state index is -3.57.